The van der Waals surface area contributed by atoms with Gasteiger partial charge >= 0.3 is 0 Å². The molecule has 0 atom stereocenters. The van der Waals surface area contributed by atoms with Crippen LogP contribution >= 0.6 is 11.8 Å². The predicted molar refractivity (Wildman–Crippen MR) is 144 cm³/mol. The van der Waals surface area contributed by atoms with Crippen molar-refractivity contribution in [2.24, 2.45) is 16.0 Å². The predicted octanol–water partition coefficient (Wildman–Crippen LogP) is 6.45. The third-order valence-electron chi connectivity index (χ3n) is 7.19. The lowest BCUT2D eigenvalue weighted by Crippen LogP contribution is -2.35. The number of hydrogen-bond donors (Lipinski definition) is 1. The van der Waals surface area contributed by atoms with Gasteiger partial charge in [0.25, 0.3) is 5.91 Å². The van der Waals surface area contributed by atoms with Crippen molar-refractivity contribution in [1.29, 1.82) is 5.41 Å². The number of hydrazone groups is 1. The Balaban J connectivity index is 1.34. The minimum Gasteiger partial charge on any atom is -0.318 e. The second-order valence-corrected chi connectivity index (χ2v) is 10.5. The highest BCUT2D eigenvalue weighted by Gasteiger charge is 2.38. The van der Waals surface area contributed by atoms with Crippen LogP contribution in [0.15, 0.2) is 64.2 Å². The number of carbonyl (C=O) groups is 1. The SMILES string of the molecule is Cc1cc(/C=C2/C(=N)N3N=C(C4CCCCC4)SC3=NC2=O)c(C)n1-c1ccc2ccccc2c1. The third kappa shape index (κ3) is 3.84. The van der Waals surface area contributed by atoms with E-state index in [1.54, 1.807) is 11.1 Å². The summed E-state index contributed by atoms with van der Waals surface area (Å²) in [6.07, 6.45) is 7.74. The molecule has 1 N–H and O–H groups in total. The lowest BCUT2D eigenvalue weighted by molar-refractivity contribution is -0.114. The Labute approximate surface area is 208 Å². The standard InChI is InChI=1S/C28H27N5OS/c1-17-14-22(18(2)32(17)23-13-12-19-8-6-7-11-21(19)15-23)16-24-25(29)33-28(30-26(24)34)35-27(31-33)20-9-4-3-5-10-20/h6-8,11-16,20,29H,3-5,9-10H2,1-2H3/b24-16-,29-25?. The first-order valence-electron chi connectivity index (χ1n) is 12.2. The monoisotopic (exact) mass is 481 g/mol. The molecule has 0 spiro atoms. The molecule has 0 radical (unpaired) electrons. The Kier molecular flexibility index (Phi) is 5.44. The fourth-order valence-electron chi connectivity index (χ4n) is 5.32. The highest BCUT2D eigenvalue weighted by molar-refractivity contribution is 8.27. The van der Waals surface area contributed by atoms with Crippen LogP contribution in [0.4, 0.5) is 0 Å². The lowest BCUT2D eigenvalue weighted by atomic mass is 9.90. The molecule has 7 heteroatoms. The normalized spacial score (nSPS) is 19.9. The summed E-state index contributed by atoms with van der Waals surface area (Å²) in [5.74, 6) is 0.149. The summed E-state index contributed by atoms with van der Waals surface area (Å²) >= 11 is 1.46. The number of benzene rings is 2. The van der Waals surface area contributed by atoms with Gasteiger partial charge in [0.05, 0.1) is 5.57 Å². The van der Waals surface area contributed by atoms with Gasteiger partial charge < -0.3 is 4.57 Å². The maximum Gasteiger partial charge on any atom is 0.283 e. The van der Waals surface area contributed by atoms with E-state index in [-0.39, 0.29) is 17.3 Å². The van der Waals surface area contributed by atoms with Crippen LogP contribution in [0, 0.1) is 25.2 Å². The number of thioether (sulfide) groups is 1. The van der Waals surface area contributed by atoms with Crippen molar-refractivity contribution in [2.75, 3.05) is 0 Å². The van der Waals surface area contributed by atoms with E-state index in [4.69, 9.17) is 10.5 Å². The number of rotatable bonds is 3. The number of nitrogens with one attached hydrogen (secondary N) is 1. The molecule has 1 aromatic heterocycles. The Morgan fingerprint density at radius 3 is 2.60 bits per heavy atom. The summed E-state index contributed by atoms with van der Waals surface area (Å²) in [4.78, 5) is 17.3. The second-order valence-electron chi connectivity index (χ2n) is 9.49. The number of amides is 1. The number of fused-ring (bicyclic) bond motifs is 2. The van der Waals surface area contributed by atoms with Crippen LogP contribution in [-0.4, -0.2) is 31.5 Å². The Bertz CT molecular complexity index is 1470. The van der Waals surface area contributed by atoms with Gasteiger partial charge in [-0.3, -0.25) is 10.2 Å². The van der Waals surface area contributed by atoms with Gasteiger partial charge in [0.2, 0.25) is 5.17 Å². The molecular weight excluding hydrogens is 454 g/mol. The van der Waals surface area contributed by atoms with Crippen LogP contribution in [0.3, 0.4) is 0 Å². The number of amidine groups is 2. The van der Waals surface area contributed by atoms with Crippen LogP contribution in [0.5, 0.6) is 0 Å². The first-order chi connectivity index (χ1) is 17.0. The molecule has 0 bridgehead atoms. The van der Waals surface area contributed by atoms with E-state index in [0.717, 1.165) is 40.5 Å². The molecule has 3 aromatic rings. The number of aliphatic imine (C=N–C) groups is 1. The van der Waals surface area contributed by atoms with Gasteiger partial charge in [-0.2, -0.15) is 15.1 Å². The van der Waals surface area contributed by atoms with Crippen molar-refractivity contribution in [3.8, 4) is 5.69 Å². The molecule has 2 aromatic carbocycles. The fraction of sp³-hybridized carbons (Fsp3) is 0.286. The molecule has 1 aliphatic carbocycles. The van der Waals surface area contributed by atoms with E-state index in [1.807, 2.05) is 19.1 Å². The lowest BCUT2D eigenvalue weighted by Gasteiger charge is -2.20. The molecular formula is C28H27N5OS. The zero-order chi connectivity index (χ0) is 24.1. The van der Waals surface area contributed by atoms with Gasteiger partial charge in [-0.15, -0.1) is 0 Å². The highest BCUT2D eigenvalue weighted by atomic mass is 32.2. The van der Waals surface area contributed by atoms with Crippen molar-refractivity contribution in [2.45, 2.75) is 46.0 Å². The van der Waals surface area contributed by atoms with Crippen LogP contribution in [0.25, 0.3) is 22.5 Å². The zero-order valence-electron chi connectivity index (χ0n) is 19.9. The Morgan fingerprint density at radius 2 is 1.80 bits per heavy atom. The number of carbonyl (C=O) groups excluding carboxylic acids is 1. The summed E-state index contributed by atoms with van der Waals surface area (Å²) in [5.41, 5.74) is 4.35. The van der Waals surface area contributed by atoms with E-state index in [2.05, 4.69) is 52.9 Å². The molecule has 1 fully saturated rings. The fourth-order valence-corrected chi connectivity index (χ4v) is 6.38. The average Bonchev–Trinajstić information content (AvgIpc) is 3.42. The van der Waals surface area contributed by atoms with Crippen LogP contribution in [0.1, 0.15) is 49.1 Å². The van der Waals surface area contributed by atoms with E-state index in [1.165, 1.54) is 41.8 Å². The average molecular weight is 482 g/mol. The first-order valence-corrected chi connectivity index (χ1v) is 13.0. The number of nitrogens with zero attached hydrogens (tertiary/aromatic N) is 4. The maximum atomic E-state index is 13.0. The van der Waals surface area contributed by atoms with E-state index in [9.17, 15) is 4.79 Å². The van der Waals surface area contributed by atoms with Crippen LogP contribution in [-0.2, 0) is 4.79 Å². The Morgan fingerprint density at radius 1 is 1.03 bits per heavy atom. The minimum absolute atomic E-state index is 0.105. The number of hydrogen-bond acceptors (Lipinski definition) is 4. The van der Waals surface area contributed by atoms with Gasteiger partial charge in [0.15, 0.2) is 5.84 Å². The second kappa shape index (κ2) is 8.64. The molecule has 176 valence electrons. The molecule has 1 saturated carbocycles. The van der Waals surface area contributed by atoms with Crippen LogP contribution in [0.2, 0.25) is 0 Å². The molecule has 3 aliphatic rings. The molecule has 0 saturated heterocycles. The number of aryl methyl sites for hydroxylation is 1. The van der Waals surface area contributed by atoms with Crippen molar-refractivity contribution in [3.63, 3.8) is 0 Å². The third-order valence-corrected chi connectivity index (χ3v) is 8.26. The van der Waals surface area contributed by atoms with Crippen molar-refractivity contribution in [1.82, 2.24) is 9.58 Å². The summed E-state index contributed by atoms with van der Waals surface area (Å²) in [6.45, 7) is 4.11. The summed E-state index contributed by atoms with van der Waals surface area (Å²) < 4.78 is 2.19. The smallest absolute Gasteiger partial charge is 0.283 e. The number of aromatic nitrogens is 1. The topological polar surface area (TPSA) is 73.8 Å². The molecule has 35 heavy (non-hydrogen) atoms. The molecule has 6 nitrogen and oxygen atoms in total. The van der Waals surface area contributed by atoms with E-state index in [0.29, 0.717) is 11.1 Å². The van der Waals surface area contributed by atoms with Crippen molar-refractivity contribution >= 4 is 50.6 Å². The Hall–Kier alpha value is -3.45. The van der Waals surface area contributed by atoms with Gasteiger partial charge in [-0.1, -0.05) is 49.6 Å². The summed E-state index contributed by atoms with van der Waals surface area (Å²) in [6, 6.07) is 16.8. The first kappa shape index (κ1) is 22.0. The summed E-state index contributed by atoms with van der Waals surface area (Å²) in [5, 5.41) is 18.9. The van der Waals surface area contributed by atoms with Crippen LogP contribution < -0.4 is 0 Å². The minimum atomic E-state index is -0.371. The quantitative estimate of drug-likeness (QED) is 0.437. The van der Waals surface area contributed by atoms with Crippen molar-refractivity contribution < 1.29 is 4.79 Å². The van der Waals surface area contributed by atoms with Crippen molar-refractivity contribution in [3.05, 3.63) is 71.1 Å². The van der Waals surface area contributed by atoms with E-state index >= 15 is 0 Å². The zero-order valence-corrected chi connectivity index (χ0v) is 20.7. The molecule has 6 rings (SSSR count). The molecule has 3 heterocycles. The molecule has 0 unspecified atom stereocenters. The van der Waals surface area contributed by atoms with E-state index < -0.39 is 0 Å². The van der Waals surface area contributed by atoms with Gasteiger partial charge in [-0.25, -0.2) is 0 Å². The summed E-state index contributed by atoms with van der Waals surface area (Å²) in [7, 11) is 0. The largest absolute Gasteiger partial charge is 0.318 e. The van der Waals surface area contributed by atoms with Gasteiger partial charge in [0.1, 0.15) is 5.04 Å². The molecule has 1 amide bonds. The van der Waals surface area contributed by atoms with Gasteiger partial charge in [0, 0.05) is 23.0 Å². The maximum absolute atomic E-state index is 13.0. The van der Waals surface area contributed by atoms with Gasteiger partial charge in [-0.05, 0) is 79.1 Å². The molecule has 2 aliphatic heterocycles. The highest BCUT2D eigenvalue weighted by Crippen LogP contribution is 2.36.